The van der Waals surface area contributed by atoms with E-state index in [0.29, 0.717) is 39.9 Å². The molecule has 1 aliphatic rings. The van der Waals surface area contributed by atoms with Crippen molar-refractivity contribution in [2.45, 2.75) is 26.3 Å². The number of benzene rings is 2. The summed E-state index contributed by atoms with van der Waals surface area (Å²) in [6.07, 6.45) is 2.86. The van der Waals surface area contributed by atoms with Gasteiger partial charge in [-0.15, -0.1) is 0 Å². The number of thioether (sulfide) groups is 1. The number of halogens is 1. The topological polar surface area (TPSA) is 76.7 Å². The highest BCUT2D eigenvalue weighted by molar-refractivity contribution is 8.26. The Bertz CT molecular complexity index is 996. The number of morpholine rings is 1. The van der Waals surface area contributed by atoms with Crippen molar-refractivity contribution >= 4 is 46.6 Å². The number of hydrogen-bond acceptors (Lipinski definition) is 6. The van der Waals surface area contributed by atoms with E-state index in [0.717, 1.165) is 17.3 Å². The molecule has 2 N–H and O–H groups in total. The van der Waals surface area contributed by atoms with Crippen molar-refractivity contribution in [3.05, 3.63) is 64.3 Å². The van der Waals surface area contributed by atoms with E-state index in [4.69, 9.17) is 21.7 Å². The van der Waals surface area contributed by atoms with Crippen LogP contribution in [0.15, 0.2) is 47.4 Å². The van der Waals surface area contributed by atoms with Crippen molar-refractivity contribution in [1.82, 2.24) is 10.6 Å². The first-order chi connectivity index (χ1) is 16.0. The maximum Gasteiger partial charge on any atom is 0.246 e. The summed E-state index contributed by atoms with van der Waals surface area (Å²) in [6.45, 7) is 4.57. The van der Waals surface area contributed by atoms with Gasteiger partial charge >= 0.3 is 0 Å². The van der Waals surface area contributed by atoms with Gasteiger partial charge in [-0.3, -0.25) is 9.59 Å². The third-order valence-corrected chi connectivity index (χ3v) is 5.64. The Morgan fingerprint density at radius 3 is 2.64 bits per heavy atom. The van der Waals surface area contributed by atoms with Crippen molar-refractivity contribution in [3.8, 4) is 11.5 Å². The molecule has 1 fully saturated rings. The van der Waals surface area contributed by atoms with Gasteiger partial charge in [-0.1, -0.05) is 56.0 Å². The number of carbonyl (C=O) groups is 2. The fourth-order valence-corrected chi connectivity index (χ4v) is 3.77. The van der Waals surface area contributed by atoms with Gasteiger partial charge in [0.05, 0.1) is 17.6 Å². The lowest BCUT2D eigenvalue weighted by molar-refractivity contribution is -0.131. The smallest absolute Gasteiger partial charge is 0.246 e. The lowest BCUT2D eigenvalue weighted by Crippen LogP contribution is -2.46. The normalized spacial score (nSPS) is 15.6. The number of nitrogens with one attached hydrogen (secondary N) is 2. The predicted molar refractivity (Wildman–Crippen MR) is 134 cm³/mol. The van der Waals surface area contributed by atoms with Gasteiger partial charge in [0.25, 0.3) is 0 Å². The molecule has 1 unspecified atom stereocenters. The van der Waals surface area contributed by atoms with E-state index in [-0.39, 0.29) is 24.3 Å². The second-order valence-corrected chi connectivity index (χ2v) is 8.47. The minimum absolute atomic E-state index is 0.0667. The van der Waals surface area contributed by atoms with E-state index < -0.39 is 5.82 Å². The monoisotopic (exact) mass is 490 g/mol. The van der Waals surface area contributed by atoms with Crippen molar-refractivity contribution in [1.29, 1.82) is 0 Å². The SMILES string of the molecule is CC.CNC(=S)S/C(C=O)=C\c1ccc(Oc2ccc(CC3COCC(=O)N3)cc2)c(F)c1. The standard InChI is InChI=1S/C22H21FN2O4S2.C2H6/c1-24-22(30)31-18(11-26)9-15-4-7-20(19(23)10-15)29-17-5-2-14(3-6-17)8-16-12-28-13-21(27)25-16;1-2/h2-7,9-11,16H,8,12-13H2,1H3,(H,24,30)(H,25,27);1-2H3/b18-9-;. The van der Waals surface area contributed by atoms with Gasteiger partial charge < -0.3 is 20.1 Å². The zero-order valence-electron chi connectivity index (χ0n) is 18.7. The highest BCUT2D eigenvalue weighted by atomic mass is 32.2. The molecule has 6 nitrogen and oxygen atoms in total. The van der Waals surface area contributed by atoms with Crippen molar-refractivity contribution in [2.75, 3.05) is 20.3 Å². The number of hydrogen-bond donors (Lipinski definition) is 2. The Balaban J connectivity index is 0.00000187. The van der Waals surface area contributed by atoms with Gasteiger partial charge in [0.1, 0.15) is 16.7 Å². The Labute approximate surface area is 202 Å². The number of allylic oxidation sites excluding steroid dienone is 1. The zero-order chi connectivity index (χ0) is 24.2. The van der Waals surface area contributed by atoms with Crippen LogP contribution in [0.5, 0.6) is 11.5 Å². The molecule has 9 heteroatoms. The van der Waals surface area contributed by atoms with Crippen molar-refractivity contribution < 1.29 is 23.5 Å². The average molecular weight is 491 g/mol. The Morgan fingerprint density at radius 1 is 1.30 bits per heavy atom. The second-order valence-electron chi connectivity index (χ2n) is 6.72. The molecule has 2 aromatic rings. The number of thiocarbonyl (C=S) groups is 1. The minimum Gasteiger partial charge on any atom is -0.454 e. The molecule has 0 spiro atoms. The maximum atomic E-state index is 14.5. The van der Waals surface area contributed by atoms with Gasteiger partial charge in [-0.2, -0.15) is 0 Å². The highest BCUT2D eigenvalue weighted by Gasteiger charge is 2.18. The third kappa shape index (κ3) is 8.60. The first-order valence-electron chi connectivity index (χ1n) is 10.5. The first-order valence-corrected chi connectivity index (χ1v) is 11.7. The van der Waals surface area contributed by atoms with Crippen LogP contribution in [-0.2, 0) is 20.7 Å². The van der Waals surface area contributed by atoms with Crippen LogP contribution in [0.1, 0.15) is 25.0 Å². The summed E-state index contributed by atoms with van der Waals surface area (Å²) in [4.78, 5) is 23.0. The lowest BCUT2D eigenvalue weighted by Gasteiger charge is -2.23. The average Bonchev–Trinajstić information content (AvgIpc) is 2.82. The molecule has 0 aliphatic carbocycles. The van der Waals surface area contributed by atoms with E-state index in [1.165, 1.54) is 12.1 Å². The van der Waals surface area contributed by atoms with Crippen LogP contribution in [0.2, 0.25) is 0 Å². The van der Waals surface area contributed by atoms with E-state index >= 15 is 0 Å². The largest absolute Gasteiger partial charge is 0.454 e. The first kappa shape index (κ1) is 26.5. The molecular weight excluding hydrogens is 463 g/mol. The van der Waals surface area contributed by atoms with Crippen LogP contribution >= 0.6 is 24.0 Å². The molecule has 176 valence electrons. The van der Waals surface area contributed by atoms with Crippen LogP contribution < -0.4 is 15.4 Å². The summed E-state index contributed by atoms with van der Waals surface area (Å²) in [6, 6.07) is 11.6. The molecule has 0 bridgehead atoms. The van der Waals surface area contributed by atoms with Crippen LogP contribution in [0, 0.1) is 5.82 Å². The van der Waals surface area contributed by atoms with Crippen LogP contribution in [0.3, 0.4) is 0 Å². The summed E-state index contributed by atoms with van der Waals surface area (Å²) in [5.74, 6) is -0.109. The van der Waals surface area contributed by atoms with Crippen LogP contribution in [0.25, 0.3) is 6.08 Å². The second kappa shape index (κ2) is 13.7. The molecule has 0 aromatic heterocycles. The quantitative estimate of drug-likeness (QED) is 0.337. The van der Waals surface area contributed by atoms with Gasteiger partial charge in [-0.05, 0) is 47.9 Å². The van der Waals surface area contributed by atoms with Gasteiger partial charge in [0.2, 0.25) is 5.91 Å². The molecule has 0 radical (unpaired) electrons. The molecule has 1 amide bonds. The van der Waals surface area contributed by atoms with Gasteiger partial charge in [-0.25, -0.2) is 4.39 Å². The fraction of sp³-hybridized carbons (Fsp3) is 0.292. The number of amides is 1. The molecule has 33 heavy (non-hydrogen) atoms. The Hall–Kier alpha value is -2.75. The van der Waals surface area contributed by atoms with E-state index in [1.807, 2.05) is 26.0 Å². The summed E-state index contributed by atoms with van der Waals surface area (Å²) in [7, 11) is 1.67. The van der Waals surface area contributed by atoms with E-state index in [2.05, 4.69) is 10.6 Å². The Kier molecular flexibility index (Phi) is 11.0. The van der Waals surface area contributed by atoms with E-state index in [1.54, 1.807) is 31.3 Å². The predicted octanol–water partition coefficient (Wildman–Crippen LogP) is 4.48. The van der Waals surface area contributed by atoms with Crippen LogP contribution in [0.4, 0.5) is 4.39 Å². The molecule has 1 atom stereocenters. The van der Waals surface area contributed by atoms with Gasteiger partial charge in [0, 0.05) is 7.05 Å². The molecule has 1 heterocycles. The fourth-order valence-electron chi connectivity index (χ4n) is 2.92. The molecule has 1 aliphatic heterocycles. The minimum atomic E-state index is -0.550. The summed E-state index contributed by atoms with van der Waals surface area (Å²) in [5.41, 5.74) is 1.52. The van der Waals surface area contributed by atoms with Crippen molar-refractivity contribution in [3.63, 3.8) is 0 Å². The van der Waals surface area contributed by atoms with E-state index in [9.17, 15) is 14.0 Å². The third-order valence-electron chi connectivity index (χ3n) is 4.35. The summed E-state index contributed by atoms with van der Waals surface area (Å²) >= 11 is 6.12. The Morgan fingerprint density at radius 2 is 2.03 bits per heavy atom. The maximum absolute atomic E-state index is 14.5. The molecule has 2 aromatic carbocycles. The summed E-state index contributed by atoms with van der Waals surface area (Å²) < 4.78 is 25.8. The molecular formula is C24H27FN2O4S2. The molecule has 1 saturated heterocycles. The number of aldehydes is 1. The van der Waals surface area contributed by atoms with Crippen molar-refractivity contribution in [2.24, 2.45) is 0 Å². The lowest BCUT2D eigenvalue weighted by atomic mass is 10.1. The van der Waals surface area contributed by atoms with Gasteiger partial charge in [0.15, 0.2) is 17.9 Å². The number of rotatable bonds is 7. The number of carbonyl (C=O) groups excluding carboxylic acids is 2. The molecule has 3 rings (SSSR count). The summed E-state index contributed by atoms with van der Waals surface area (Å²) in [5, 5.41) is 5.65. The highest BCUT2D eigenvalue weighted by Crippen LogP contribution is 2.27. The van der Waals surface area contributed by atoms with Crippen LogP contribution in [-0.4, -0.2) is 42.8 Å². The number of ether oxygens (including phenoxy) is 2. The molecule has 0 saturated carbocycles. The zero-order valence-corrected chi connectivity index (χ0v) is 20.4.